The first-order valence-electron chi connectivity index (χ1n) is 19.0. The van der Waals surface area contributed by atoms with Crippen LogP contribution in [0.25, 0.3) is 106 Å². The summed E-state index contributed by atoms with van der Waals surface area (Å²) in [5.41, 5.74) is 11.5. The Kier molecular flexibility index (Phi) is 7.73. The van der Waals surface area contributed by atoms with E-state index in [1.807, 2.05) is 128 Å². The van der Waals surface area contributed by atoms with Gasteiger partial charge in [0.25, 0.3) is 0 Å². The molecule has 0 N–H and O–H groups in total. The Morgan fingerprint density at radius 2 is 1.09 bits per heavy atom. The number of pyridine rings is 1. The molecule has 7 nitrogen and oxygen atoms in total. The molecule has 0 bridgehead atoms. The van der Waals surface area contributed by atoms with Crippen molar-refractivity contribution in [3.8, 4) is 68.3 Å². The van der Waals surface area contributed by atoms with Crippen LogP contribution in [0.15, 0.2) is 187 Å². The molecule has 0 spiro atoms. The third kappa shape index (κ3) is 5.51. The third-order valence-electron chi connectivity index (χ3n) is 10.7. The molecule has 0 saturated heterocycles. The number of nitriles is 1. The van der Waals surface area contributed by atoms with Gasteiger partial charge in [-0.2, -0.15) is 5.26 Å². The van der Waals surface area contributed by atoms with Crippen molar-refractivity contribution in [2.45, 2.75) is 0 Å². The van der Waals surface area contributed by atoms with Gasteiger partial charge in [-0.25, -0.2) is 15.0 Å². The van der Waals surface area contributed by atoms with Crippen LogP contribution in [0, 0.1) is 11.3 Å². The van der Waals surface area contributed by atoms with Crippen LogP contribution in [-0.4, -0.2) is 24.5 Å². The molecule has 7 aromatic carbocycles. The lowest BCUT2D eigenvalue weighted by Gasteiger charge is -2.18. The normalized spacial score (nSPS) is 11.4. The monoisotopic (exact) mass is 742 g/mol. The molecule has 0 amide bonds. The molecule has 0 fully saturated rings. The first-order valence-corrected chi connectivity index (χ1v) is 19.0. The number of hydrogen-bond acceptors (Lipinski definition) is 6. The number of rotatable bonds is 6. The second-order valence-electron chi connectivity index (χ2n) is 14.2. The van der Waals surface area contributed by atoms with Crippen molar-refractivity contribution < 1.29 is 4.42 Å². The van der Waals surface area contributed by atoms with Crippen LogP contribution < -0.4 is 0 Å². The van der Waals surface area contributed by atoms with E-state index in [2.05, 4.69) is 65.2 Å². The Labute approximate surface area is 332 Å². The van der Waals surface area contributed by atoms with Crippen LogP contribution in [0.2, 0.25) is 0 Å². The van der Waals surface area contributed by atoms with Gasteiger partial charge < -0.3 is 8.98 Å². The number of nitrogens with zero attached hydrogens (tertiary/aromatic N) is 6. The maximum atomic E-state index is 9.92. The molecule has 0 aliphatic carbocycles. The summed E-state index contributed by atoms with van der Waals surface area (Å²) in [6.45, 7) is 0. The van der Waals surface area contributed by atoms with Crippen molar-refractivity contribution in [1.82, 2.24) is 24.5 Å². The SMILES string of the molecule is N#Cc1ccc2c(c1)c1ccccc1n2-c1cc(-c2nc(-c3ccccc3)nc(-c3ccccc3)n2)ccc1-c1ncccc1-c1ccc2oc3ccccc3c2c1. The highest BCUT2D eigenvalue weighted by Crippen LogP contribution is 2.42. The Morgan fingerprint density at radius 3 is 1.84 bits per heavy atom. The quantitative estimate of drug-likeness (QED) is 0.168. The molecule has 0 aliphatic rings. The van der Waals surface area contributed by atoms with Crippen molar-refractivity contribution in [2.75, 3.05) is 0 Å². The molecule has 58 heavy (non-hydrogen) atoms. The van der Waals surface area contributed by atoms with Crippen molar-refractivity contribution in [1.29, 1.82) is 5.26 Å². The van der Waals surface area contributed by atoms with Crippen LogP contribution in [0.5, 0.6) is 0 Å². The van der Waals surface area contributed by atoms with Gasteiger partial charge in [0.1, 0.15) is 11.2 Å². The summed E-state index contributed by atoms with van der Waals surface area (Å²) in [4.78, 5) is 20.2. The minimum atomic E-state index is 0.548. The van der Waals surface area contributed by atoms with Crippen molar-refractivity contribution in [3.63, 3.8) is 0 Å². The Hall–Kier alpha value is -8.21. The summed E-state index contributed by atoms with van der Waals surface area (Å²) in [6, 6.07) is 61.5. The molecule has 0 aliphatic heterocycles. The average molecular weight is 743 g/mol. The second kappa shape index (κ2) is 13.5. The molecule has 0 radical (unpaired) electrons. The van der Waals surface area contributed by atoms with Gasteiger partial charge in [-0.1, -0.05) is 115 Å². The fourth-order valence-corrected chi connectivity index (χ4v) is 8.04. The summed E-state index contributed by atoms with van der Waals surface area (Å²) in [6.07, 6.45) is 1.84. The minimum absolute atomic E-state index is 0.548. The van der Waals surface area contributed by atoms with E-state index in [4.69, 9.17) is 24.4 Å². The molecule has 0 atom stereocenters. The summed E-state index contributed by atoms with van der Waals surface area (Å²) in [5, 5.41) is 14.1. The number of furan rings is 1. The van der Waals surface area contributed by atoms with Crippen LogP contribution in [0.1, 0.15) is 5.56 Å². The predicted molar refractivity (Wildman–Crippen MR) is 231 cm³/mol. The lowest BCUT2D eigenvalue weighted by atomic mass is 9.96. The molecule has 11 rings (SSSR count). The van der Waals surface area contributed by atoms with E-state index in [0.717, 1.165) is 88.5 Å². The predicted octanol–water partition coefficient (Wildman–Crippen LogP) is 12.5. The Balaban J connectivity index is 1.19. The minimum Gasteiger partial charge on any atom is -0.456 e. The van der Waals surface area contributed by atoms with Gasteiger partial charge in [0.15, 0.2) is 17.5 Å². The molecule has 4 aromatic heterocycles. The van der Waals surface area contributed by atoms with Gasteiger partial charge in [0.05, 0.1) is 34.0 Å². The van der Waals surface area contributed by atoms with E-state index >= 15 is 0 Å². The number of aromatic nitrogens is 5. The first-order chi connectivity index (χ1) is 28.7. The van der Waals surface area contributed by atoms with E-state index < -0.39 is 0 Å². The van der Waals surface area contributed by atoms with E-state index in [1.165, 1.54) is 0 Å². The zero-order valence-corrected chi connectivity index (χ0v) is 30.9. The van der Waals surface area contributed by atoms with Crippen LogP contribution in [0.3, 0.4) is 0 Å². The zero-order chi connectivity index (χ0) is 38.6. The van der Waals surface area contributed by atoms with E-state index in [1.54, 1.807) is 0 Å². The van der Waals surface area contributed by atoms with Crippen molar-refractivity contribution in [2.24, 2.45) is 0 Å². The molecule has 0 unspecified atom stereocenters. The lowest BCUT2D eigenvalue weighted by Crippen LogP contribution is -2.03. The lowest BCUT2D eigenvalue weighted by molar-refractivity contribution is 0.669. The van der Waals surface area contributed by atoms with Gasteiger partial charge in [0, 0.05) is 55.6 Å². The number of para-hydroxylation sites is 2. The second-order valence-corrected chi connectivity index (χ2v) is 14.2. The van der Waals surface area contributed by atoms with Gasteiger partial charge in [-0.3, -0.25) is 4.98 Å². The topological polar surface area (TPSA) is 93.4 Å². The smallest absolute Gasteiger partial charge is 0.164 e. The summed E-state index contributed by atoms with van der Waals surface area (Å²) in [7, 11) is 0. The Bertz CT molecular complexity index is 3360. The van der Waals surface area contributed by atoms with Crippen LogP contribution in [-0.2, 0) is 0 Å². The summed E-state index contributed by atoms with van der Waals surface area (Å²) < 4.78 is 8.47. The first kappa shape index (κ1) is 33.2. The maximum absolute atomic E-state index is 9.92. The summed E-state index contributed by atoms with van der Waals surface area (Å²) in [5.74, 6) is 1.72. The fraction of sp³-hybridized carbons (Fsp3) is 0. The van der Waals surface area contributed by atoms with Gasteiger partial charge in [-0.15, -0.1) is 0 Å². The fourth-order valence-electron chi connectivity index (χ4n) is 8.04. The molecule has 270 valence electrons. The molecular formula is C51H30N6O. The third-order valence-corrected chi connectivity index (χ3v) is 10.7. The van der Waals surface area contributed by atoms with Crippen molar-refractivity contribution in [3.05, 3.63) is 188 Å². The highest BCUT2D eigenvalue weighted by molar-refractivity contribution is 6.11. The van der Waals surface area contributed by atoms with Crippen LogP contribution in [0.4, 0.5) is 0 Å². The van der Waals surface area contributed by atoms with E-state index in [-0.39, 0.29) is 0 Å². The highest BCUT2D eigenvalue weighted by Gasteiger charge is 2.22. The number of hydrogen-bond donors (Lipinski definition) is 0. The van der Waals surface area contributed by atoms with Gasteiger partial charge in [-0.05, 0) is 66.2 Å². The average Bonchev–Trinajstić information content (AvgIpc) is 3.84. The van der Waals surface area contributed by atoms with E-state index in [0.29, 0.717) is 23.0 Å². The van der Waals surface area contributed by atoms with E-state index in [9.17, 15) is 5.26 Å². The molecular weight excluding hydrogens is 713 g/mol. The van der Waals surface area contributed by atoms with Gasteiger partial charge >= 0.3 is 0 Å². The Morgan fingerprint density at radius 1 is 0.448 bits per heavy atom. The maximum Gasteiger partial charge on any atom is 0.164 e. The summed E-state index contributed by atoms with van der Waals surface area (Å²) >= 11 is 0. The molecule has 4 heterocycles. The zero-order valence-electron chi connectivity index (χ0n) is 30.9. The molecule has 0 saturated carbocycles. The number of benzene rings is 7. The molecule has 7 heteroatoms. The van der Waals surface area contributed by atoms with Crippen molar-refractivity contribution >= 4 is 43.7 Å². The number of fused-ring (bicyclic) bond motifs is 6. The highest BCUT2D eigenvalue weighted by atomic mass is 16.3. The largest absolute Gasteiger partial charge is 0.456 e. The van der Waals surface area contributed by atoms with Gasteiger partial charge in [0.2, 0.25) is 0 Å². The van der Waals surface area contributed by atoms with Crippen LogP contribution >= 0.6 is 0 Å². The molecule has 11 aromatic rings. The standard InChI is InChI=1S/C51H30N6O/c52-31-32-21-25-44-41(28-32)38-16-7-9-19-43(38)57(44)45-30-36(51-55-49(33-12-3-1-4-13-33)54-50(56-51)34-14-5-2-6-15-34)22-24-40(45)48-37(18-11-27-53-48)35-23-26-47-42(29-35)39-17-8-10-20-46(39)58-47/h1-30H.